The number of fused-ring (bicyclic) bond motifs is 1. The molecule has 0 aliphatic rings. The van der Waals surface area contributed by atoms with Crippen molar-refractivity contribution in [2.24, 2.45) is 0 Å². The number of phenols is 1. The molecule has 122 valence electrons. The van der Waals surface area contributed by atoms with Crippen molar-refractivity contribution in [3.63, 3.8) is 0 Å². The molecular weight excluding hydrogens is 302 g/mol. The number of hydrogen-bond donors (Lipinski definition) is 3. The van der Waals surface area contributed by atoms with E-state index in [1.807, 2.05) is 0 Å². The Hall–Kier alpha value is -2.83. The van der Waals surface area contributed by atoms with E-state index in [0.717, 1.165) is 0 Å². The van der Waals surface area contributed by atoms with Gasteiger partial charge >= 0.3 is 11.6 Å². The summed E-state index contributed by atoms with van der Waals surface area (Å²) in [5.74, 6) is -1.54. The monoisotopic (exact) mass is 319 g/mol. The van der Waals surface area contributed by atoms with Gasteiger partial charge in [-0.2, -0.15) is 0 Å². The number of carboxylic acids is 1. The maximum Gasteiger partial charge on any atom is 0.339 e. The van der Waals surface area contributed by atoms with Crippen molar-refractivity contribution < 1.29 is 24.2 Å². The number of aromatic hydroxyl groups is 1. The smallest absolute Gasteiger partial charge is 0.339 e. The van der Waals surface area contributed by atoms with Gasteiger partial charge in [-0.05, 0) is 38.0 Å². The summed E-state index contributed by atoms with van der Waals surface area (Å²) in [6.45, 7) is 2.95. The number of phenolic OH excluding ortho intramolecular Hbond substituents is 1. The average Bonchev–Trinajstić information content (AvgIpc) is 2.49. The van der Waals surface area contributed by atoms with Gasteiger partial charge in [0.25, 0.3) is 0 Å². The fourth-order valence-corrected chi connectivity index (χ4v) is 2.37. The molecule has 0 saturated heterocycles. The maximum absolute atomic E-state index is 12.1. The molecule has 2 rings (SSSR count). The Balaban J connectivity index is 2.28. The summed E-state index contributed by atoms with van der Waals surface area (Å²) >= 11 is 0. The Kier molecular flexibility index (Phi) is 4.68. The lowest BCUT2D eigenvalue weighted by Crippen LogP contribution is -2.29. The van der Waals surface area contributed by atoms with E-state index in [1.54, 1.807) is 19.9 Å². The lowest BCUT2D eigenvalue weighted by atomic mass is 10.0. The molecule has 0 aliphatic heterocycles. The molecule has 2 aromatic rings. The molecule has 1 aromatic carbocycles. The SMILES string of the molecule is Cc1c(CCC(=O)NCC(=O)O)c(=O)oc2c(C)c(O)ccc12. The molecule has 0 radical (unpaired) electrons. The van der Waals surface area contributed by atoms with Gasteiger partial charge < -0.3 is 19.9 Å². The van der Waals surface area contributed by atoms with Crippen LogP contribution >= 0.6 is 0 Å². The zero-order chi connectivity index (χ0) is 17.1. The molecule has 0 aliphatic carbocycles. The van der Waals surface area contributed by atoms with Crippen LogP contribution in [0.4, 0.5) is 0 Å². The van der Waals surface area contributed by atoms with Gasteiger partial charge in [-0.25, -0.2) is 4.79 Å². The van der Waals surface area contributed by atoms with Crippen molar-refractivity contribution in [3.05, 3.63) is 39.2 Å². The van der Waals surface area contributed by atoms with Gasteiger partial charge in [-0.1, -0.05) is 0 Å². The van der Waals surface area contributed by atoms with Crippen LogP contribution in [0.3, 0.4) is 0 Å². The Bertz CT molecular complexity index is 837. The van der Waals surface area contributed by atoms with E-state index in [4.69, 9.17) is 9.52 Å². The molecule has 0 bridgehead atoms. The molecule has 0 fully saturated rings. The van der Waals surface area contributed by atoms with E-state index < -0.39 is 24.0 Å². The molecule has 0 unspecified atom stereocenters. The number of aliphatic carboxylic acids is 1. The highest BCUT2D eigenvalue weighted by Crippen LogP contribution is 2.28. The van der Waals surface area contributed by atoms with Gasteiger partial charge in [0, 0.05) is 22.9 Å². The van der Waals surface area contributed by atoms with Crippen LogP contribution in [0.2, 0.25) is 0 Å². The minimum Gasteiger partial charge on any atom is -0.508 e. The molecule has 1 aromatic heterocycles. The first-order valence-electron chi connectivity index (χ1n) is 7.04. The zero-order valence-electron chi connectivity index (χ0n) is 12.8. The molecule has 0 spiro atoms. The number of nitrogens with one attached hydrogen (secondary N) is 1. The summed E-state index contributed by atoms with van der Waals surface area (Å²) in [7, 11) is 0. The van der Waals surface area contributed by atoms with Crippen LogP contribution in [-0.4, -0.2) is 28.6 Å². The Labute approximate surface area is 131 Å². The first-order chi connectivity index (χ1) is 10.8. The fraction of sp³-hybridized carbons (Fsp3) is 0.312. The third-order valence-electron chi connectivity index (χ3n) is 3.71. The predicted molar refractivity (Wildman–Crippen MR) is 82.6 cm³/mol. The van der Waals surface area contributed by atoms with E-state index in [2.05, 4.69) is 5.32 Å². The van der Waals surface area contributed by atoms with Crippen LogP contribution in [0.5, 0.6) is 5.75 Å². The fourth-order valence-electron chi connectivity index (χ4n) is 2.37. The van der Waals surface area contributed by atoms with Crippen LogP contribution in [0.15, 0.2) is 21.3 Å². The largest absolute Gasteiger partial charge is 0.508 e. The number of benzene rings is 1. The van der Waals surface area contributed by atoms with Crippen LogP contribution in [0, 0.1) is 13.8 Å². The number of carbonyl (C=O) groups excluding carboxylic acids is 1. The van der Waals surface area contributed by atoms with E-state index in [9.17, 15) is 19.5 Å². The molecule has 23 heavy (non-hydrogen) atoms. The van der Waals surface area contributed by atoms with Gasteiger partial charge in [-0.15, -0.1) is 0 Å². The number of hydrogen-bond acceptors (Lipinski definition) is 5. The normalized spacial score (nSPS) is 10.7. The zero-order valence-corrected chi connectivity index (χ0v) is 12.8. The maximum atomic E-state index is 12.1. The molecule has 0 atom stereocenters. The van der Waals surface area contributed by atoms with Crippen LogP contribution < -0.4 is 10.9 Å². The van der Waals surface area contributed by atoms with Gasteiger partial charge in [0.15, 0.2) is 0 Å². The van der Waals surface area contributed by atoms with E-state index in [-0.39, 0.29) is 18.6 Å². The molecule has 7 heteroatoms. The standard InChI is InChI=1S/C16H17NO6/c1-8-10-3-5-12(18)9(2)15(10)23-16(22)11(8)4-6-13(19)17-7-14(20)21/h3,5,18H,4,6-7H2,1-2H3,(H,17,19)(H,20,21). The Morgan fingerprint density at radius 1 is 1.22 bits per heavy atom. The van der Waals surface area contributed by atoms with Crippen molar-refractivity contribution in [2.75, 3.05) is 6.54 Å². The number of carbonyl (C=O) groups is 2. The van der Waals surface area contributed by atoms with Gasteiger partial charge in [0.1, 0.15) is 17.9 Å². The summed E-state index contributed by atoms with van der Waals surface area (Å²) < 4.78 is 5.27. The van der Waals surface area contributed by atoms with Crippen LogP contribution in [0.25, 0.3) is 11.0 Å². The lowest BCUT2D eigenvalue weighted by Gasteiger charge is -2.10. The molecule has 1 amide bonds. The van der Waals surface area contributed by atoms with E-state index in [0.29, 0.717) is 27.7 Å². The van der Waals surface area contributed by atoms with Gasteiger partial charge in [0.2, 0.25) is 5.91 Å². The van der Waals surface area contributed by atoms with Crippen molar-refractivity contribution >= 4 is 22.8 Å². The van der Waals surface area contributed by atoms with E-state index in [1.165, 1.54) is 6.07 Å². The summed E-state index contributed by atoms with van der Waals surface area (Å²) in [6.07, 6.45) is 0.136. The van der Waals surface area contributed by atoms with Crippen molar-refractivity contribution in [1.82, 2.24) is 5.32 Å². The number of aryl methyl sites for hydroxylation is 2. The predicted octanol–water partition coefficient (Wildman–Crippen LogP) is 1.25. The number of amides is 1. The van der Waals surface area contributed by atoms with Gasteiger partial charge in [-0.3, -0.25) is 9.59 Å². The summed E-state index contributed by atoms with van der Waals surface area (Å²) in [5.41, 5.74) is 1.30. The third-order valence-corrected chi connectivity index (χ3v) is 3.71. The van der Waals surface area contributed by atoms with Crippen molar-refractivity contribution in [3.8, 4) is 5.75 Å². The third kappa shape index (κ3) is 3.50. The number of rotatable bonds is 5. The summed E-state index contributed by atoms with van der Waals surface area (Å²) in [5, 5.41) is 21.1. The summed E-state index contributed by atoms with van der Waals surface area (Å²) in [4.78, 5) is 34.1. The van der Waals surface area contributed by atoms with Crippen molar-refractivity contribution in [1.29, 1.82) is 0 Å². The highest BCUT2D eigenvalue weighted by atomic mass is 16.4. The molecule has 0 saturated carbocycles. The molecule has 3 N–H and O–H groups in total. The second-order valence-electron chi connectivity index (χ2n) is 5.25. The highest BCUT2D eigenvalue weighted by Gasteiger charge is 2.15. The van der Waals surface area contributed by atoms with Gasteiger partial charge in [0.05, 0.1) is 0 Å². The minimum absolute atomic E-state index is 0.0124. The van der Waals surface area contributed by atoms with Crippen molar-refractivity contribution in [2.45, 2.75) is 26.7 Å². The average molecular weight is 319 g/mol. The topological polar surface area (TPSA) is 117 Å². The second-order valence-corrected chi connectivity index (χ2v) is 5.25. The molecule has 7 nitrogen and oxygen atoms in total. The van der Waals surface area contributed by atoms with E-state index >= 15 is 0 Å². The Morgan fingerprint density at radius 2 is 1.91 bits per heavy atom. The second kappa shape index (κ2) is 6.51. The minimum atomic E-state index is -1.13. The van der Waals surface area contributed by atoms with Crippen LogP contribution in [0.1, 0.15) is 23.1 Å². The van der Waals surface area contributed by atoms with Crippen LogP contribution in [-0.2, 0) is 16.0 Å². The first kappa shape index (κ1) is 16.5. The lowest BCUT2D eigenvalue weighted by molar-refractivity contribution is -0.137. The first-order valence-corrected chi connectivity index (χ1v) is 7.04. The molecule has 1 heterocycles. The molecular formula is C16H17NO6. The highest BCUT2D eigenvalue weighted by molar-refractivity contribution is 5.86. The number of carboxylic acid groups (broad SMARTS) is 1. The quantitative estimate of drug-likeness (QED) is 0.714. The summed E-state index contributed by atoms with van der Waals surface area (Å²) in [6, 6.07) is 3.18. The Morgan fingerprint density at radius 3 is 2.57 bits per heavy atom.